The number of aliphatic hydroxyl groups is 1. The highest BCUT2D eigenvalue weighted by molar-refractivity contribution is 6.30. The Morgan fingerprint density at radius 1 is 1.16 bits per heavy atom. The molecule has 2 aromatic carbocycles. The number of hydrogen-bond acceptors (Lipinski definition) is 5. The number of benzene rings is 2. The number of halogens is 1. The van der Waals surface area contributed by atoms with Crippen LogP contribution in [0.15, 0.2) is 42.5 Å². The van der Waals surface area contributed by atoms with Crippen molar-refractivity contribution in [2.75, 3.05) is 13.2 Å². The van der Waals surface area contributed by atoms with Gasteiger partial charge in [0, 0.05) is 30.1 Å². The predicted molar refractivity (Wildman–Crippen MR) is 124 cm³/mol. The van der Waals surface area contributed by atoms with Gasteiger partial charge < -0.3 is 25.2 Å². The molecule has 1 amide bonds. The van der Waals surface area contributed by atoms with Gasteiger partial charge in [-0.15, -0.1) is 0 Å². The number of aryl methyl sites for hydroxylation is 1. The Bertz CT molecular complexity index is 913. The van der Waals surface area contributed by atoms with Gasteiger partial charge in [-0.1, -0.05) is 29.3 Å². The SMILES string of the molecule is Cc1ccc(OCC(O)CNC2CCC(NC(=O)C3Cc4cc(Cl)ccc4O3)CC2)cc1. The largest absolute Gasteiger partial charge is 0.491 e. The maximum Gasteiger partial charge on any atom is 0.261 e. The number of nitrogens with one attached hydrogen (secondary N) is 2. The molecule has 2 unspecified atom stereocenters. The van der Waals surface area contributed by atoms with Gasteiger partial charge in [-0.3, -0.25) is 4.79 Å². The lowest BCUT2D eigenvalue weighted by Crippen LogP contribution is -2.47. The second-order valence-electron chi connectivity index (χ2n) is 8.81. The number of carbonyl (C=O) groups excluding carboxylic acids is 1. The molecule has 2 aromatic rings. The molecule has 0 aromatic heterocycles. The van der Waals surface area contributed by atoms with Crippen LogP contribution in [0.3, 0.4) is 0 Å². The van der Waals surface area contributed by atoms with Crippen molar-refractivity contribution in [1.82, 2.24) is 10.6 Å². The summed E-state index contributed by atoms with van der Waals surface area (Å²) < 4.78 is 11.4. The molecule has 1 heterocycles. The highest BCUT2D eigenvalue weighted by atomic mass is 35.5. The van der Waals surface area contributed by atoms with Gasteiger partial charge in [0.15, 0.2) is 6.10 Å². The zero-order valence-corrected chi connectivity index (χ0v) is 19.1. The van der Waals surface area contributed by atoms with E-state index in [0.717, 1.165) is 42.7 Å². The monoisotopic (exact) mass is 458 g/mol. The van der Waals surface area contributed by atoms with Crippen molar-refractivity contribution in [2.45, 2.75) is 63.3 Å². The first kappa shape index (κ1) is 22.9. The number of fused-ring (bicyclic) bond motifs is 1. The van der Waals surface area contributed by atoms with Crippen molar-refractivity contribution in [3.8, 4) is 11.5 Å². The minimum absolute atomic E-state index is 0.0580. The molecule has 1 aliphatic carbocycles. The van der Waals surface area contributed by atoms with E-state index in [1.807, 2.05) is 43.3 Å². The van der Waals surface area contributed by atoms with Gasteiger partial charge in [0.2, 0.25) is 0 Å². The van der Waals surface area contributed by atoms with Gasteiger partial charge in [-0.05, 0) is 68.5 Å². The number of hydrogen-bond donors (Lipinski definition) is 3. The van der Waals surface area contributed by atoms with E-state index in [0.29, 0.717) is 24.0 Å². The number of amides is 1. The molecule has 4 rings (SSSR count). The van der Waals surface area contributed by atoms with Gasteiger partial charge in [-0.2, -0.15) is 0 Å². The van der Waals surface area contributed by atoms with E-state index in [1.165, 1.54) is 5.56 Å². The fraction of sp³-hybridized carbons (Fsp3) is 0.480. The van der Waals surface area contributed by atoms with Crippen LogP contribution in [0.1, 0.15) is 36.8 Å². The quantitative estimate of drug-likeness (QED) is 0.565. The summed E-state index contributed by atoms with van der Waals surface area (Å²) in [4.78, 5) is 12.6. The standard InChI is InChI=1S/C25H31ClN2O4/c1-16-2-9-22(10-3-16)31-15-21(29)14-27-19-5-7-20(8-6-19)28-25(30)24-13-17-12-18(26)4-11-23(17)32-24/h2-4,9-12,19-21,24,27,29H,5-8,13-15H2,1H3,(H,28,30). The molecule has 2 atom stereocenters. The molecule has 2 aliphatic rings. The number of carbonyl (C=O) groups is 1. The minimum atomic E-state index is -0.566. The van der Waals surface area contributed by atoms with Gasteiger partial charge in [-0.25, -0.2) is 0 Å². The molecule has 3 N–H and O–H groups in total. The van der Waals surface area contributed by atoms with Crippen LogP contribution in [0.2, 0.25) is 5.02 Å². The first-order valence-corrected chi connectivity index (χ1v) is 11.7. The van der Waals surface area contributed by atoms with Crippen LogP contribution in [0.25, 0.3) is 0 Å². The maximum atomic E-state index is 12.6. The highest BCUT2D eigenvalue weighted by Crippen LogP contribution is 2.31. The van der Waals surface area contributed by atoms with Crippen LogP contribution in [0.4, 0.5) is 0 Å². The second-order valence-corrected chi connectivity index (χ2v) is 9.24. The van der Waals surface area contributed by atoms with E-state index in [1.54, 1.807) is 6.07 Å². The average Bonchev–Trinajstić information content (AvgIpc) is 3.21. The third-order valence-electron chi connectivity index (χ3n) is 6.17. The summed E-state index contributed by atoms with van der Waals surface area (Å²) in [6.45, 7) is 2.78. The molecule has 0 spiro atoms. The molecule has 6 nitrogen and oxygen atoms in total. The van der Waals surface area contributed by atoms with E-state index < -0.39 is 12.2 Å². The zero-order valence-electron chi connectivity index (χ0n) is 18.4. The zero-order chi connectivity index (χ0) is 22.5. The molecule has 1 aliphatic heterocycles. The Morgan fingerprint density at radius 3 is 2.62 bits per heavy atom. The van der Waals surface area contributed by atoms with Crippen molar-refractivity contribution in [2.24, 2.45) is 0 Å². The summed E-state index contributed by atoms with van der Waals surface area (Å²) >= 11 is 6.03. The Hall–Kier alpha value is -2.28. The van der Waals surface area contributed by atoms with Crippen molar-refractivity contribution >= 4 is 17.5 Å². The van der Waals surface area contributed by atoms with Crippen LogP contribution >= 0.6 is 11.6 Å². The highest BCUT2D eigenvalue weighted by Gasteiger charge is 2.31. The summed E-state index contributed by atoms with van der Waals surface area (Å²) in [5.74, 6) is 1.45. The molecular weight excluding hydrogens is 428 g/mol. The van der Waals surface area contributed by atoms with Crippen molar-refractivity contribution in [1.29, 1.82) is 0 Å². The third-order valence-corrected chi connectivity index (χ3v) is 6.40. The summed E-state index contributed by atoms with van der Waals surface area (Å²) in [6.07, 6.45) is 3.23. The molecule has 7 heteroatoms. The lowest BCUT2D eigenvalue weighted by atomic mass is 9.91. The van der Waals surface area contributed by atoms with Crippen LogP contribution in [-0.4, -0.2) is 48.5 Å². The van der Waals surface area contributed by atoms with Crippen molar-refractivity contribution in [3.05, 3.63) is 58.6 Å². The molecule has 0 saturated heterocycles. The smallest absolute Gasteiger partial charge is 0.261 e. The van der Waals surface area contributed by atoms with Gasteiger partial charge >= 0.3 is 0 Å². The first-order chi connectivity index (χ1) is 15.5. The predicted octanol–water partition coefficient (Wildman–Crippen LogP) is 3.41. The second kappa shape index (κ2) is 10.6. The van der Waals surface area contributed by atoms with Crippen molar-refractivity contribution in [3.63, 3.8) is 0 Å². The Morgan fingerprint density at radius 2 is 1.88 bits per heavy atom. The lowest BCUT2D eigenvalue weighted by molar-refractivity contribution is -0.128. The molecule has 0 bridgehead atoms. The Balaban J connectivity index is 1.12. The molecule has 1 saturated carbocycles. The van der Waals surface area contributed by atoms with E-state index in [4.69, 9.17) is 21.1 Å². The van der Waals surface area contributed by atoms with Gasteiger partial charge in [0.05, 0.1) is 0 Å². The van der Waals surface area contributed by atoms with Crippen molar-refractivity contribution < 1.29 is 19.4 Å². The Labute approximate surface area is 194 Å². The molecule has 172 valence electrons. The fourth-order valence-electron chi connectivity index (χ4n) is 4.29. The van der Waals surface area contributed by atoms with Crippen LogP contribution in [0.5, 0.6) is 11.5 Å². The van der Waals surface area contributed by atoms with Gasteiger partial charge in [0.25, 0.3) is 5.91 Å². The van der Waals surface area contributed by atoms with E-state index in [-0.39, 0.29) is 18.6 Å². The van der Waals surface area contributed by atoms with Crippen LogP contribution < -0.4 is 20.1 Å². The molecule has 0 radical (unpaired) electrons. The number of rotatable bonds is 8. The summed E-state index contributed by atoms with van der Waals surface area (Å²) in [7, 11) is 0. The van der Waals surface area contributed by atoms with E-state index >= 15 is 0 Å². The molecular formula is C25H31ClN2O4. The summed E-state index contributed by atoms with van der Waals surface area (Å²) in [5, 5.41) is 17.4. The first-order valence-electron chi connectivity index (χ1n) is 11.3. The topological polar surface area (TPSA) is 79.8 Å². The van der Waals surface area contributed by atoms with Crippen LogP contribution in [-0.2, 0) is 11.2 Å². The maximum absolute atomic E-state index is 12.6. The van der Waals surface area contributed by atoms with E-state index in [2.05, 4.69) is 10.6 Å². The molecule has 1 fully saturated rings. The Kier molecular flexibility index (Phi) is 7.55. The lowest BCUT2D eigenvalue weighted by Gasteiger charge is -2.31. The number of ether oxygens (including phenoxy) is 2. The number of aliphatic hydroxyl groups excluding tert-OH is 1. The summed E-state index contributed by atoms with van der Waals surface area (Å²) in [5.41, 5.74) is 2.16. The van der Waals surface area contributed by atoms with Gasteiger partial charge in [0.1, 0.15) is 24.2 Å². The third kappa shape index (κ3) is 6.15. The minimum Gasteiger partial charge on any atom is -0.491 e. The fourth-order valence-corrected chi connectivity index (χ4v) is 4.48. The average molecular weight is 459 g/mol. The van der Waals surface area contributed by atoms with Crippen LogP contribution in [0, 0.1) is 6.92 Å². The normalized spacial score (nSPS) is 23.2. The summed E-state index contributed by atoms with van der Waals surface area (Å²) in [6, 6.07) is 13.8. The molecule has 32 heavy (non-hydrogen) atoms. The van der Waals surface area contributed by atoms with E-state index in [9.17, 15) is 9.90 Å².